The zero-order valence-electron chi connectivity index (χ0n) is 10.7. The molecular formula is C11H14N2O5S. The lowest BCUT2D eigenvalue weighted by molar-refractivity contribution is -0.116. The molecule has 1 heterocycles. The van der Waals surface area contributed by atoms with Gasteiger partial charge in [0, 0.05) is 14.0 Å². The predicted molar refractivity (Wildman–Crippen MR) is 68.0 cm³/mol. The minimum Gasteiger partial charge on any atom is -0.476 e. The summed E-state index contributed by atoms with van der Waals surface area (Å²) < 4.78 is 23.7. The molecular weight excluding hydrogens is 272 g/mol. The van der Waals surface area contributed by atoms with Gasteiger partial charge in [-0.15, -0.1) is 0 Å². The summed E-state index contributed by atoms with van der Waals surface area (Å²) in [6.45, 7) is 2.71. The predicted octanol–water partition coefficient (Wildman–Crippen LogP) is 0.556. The summed E-state index contributed by atoms with van der Waals surface area (Å²) in [5.41, 5.74) is -0.313. The summed E-state index contributed by atoms with van der Waals surface area (Å²) in [6.07, 6.45) is 1.15. The lowest BCUT2D eigenvalue weighted by Gasteiger charge is -2.16. The number of sulfone groups is 1. The van der Waals surface area contributed by atoms with E-state index in [0.717, 1.165) is 12.3 Å². The first-order valence-corrected chi connectivity index (χ1v) is 7.06. The molecule has 0 bridgehead atoms. The van der Waals surface area contributed by atoms with Crippen LogP contribution in [0.15, 0.2) is 17.2 Å². The Morgan fingerprint density at radius 1 is 1.42 bits per heavy atom. The Kier molecular flexibility index (Phi) is 4.25. The first-order chi connectivity index (χ1) is 8.70. The van der Waals surface area contributed by atoms with Crippen LogP contribution in [0, 0.1) is 0 Å². The van der Waals surface area contributed by atoms with Crippen LogP contribution in [0.5, 0.6) is 0 Å². The second-order valence-electron chi connectivity index (χ2n) is 3.83. The van der Waals surface area contributed by atoms with Crippen molar-refractivity contribution in [3.05, 3.63) is 18.0 Å². The molecule has 0 fully saturated rings. The lowest BCUT2D eigenvalue weighted by Crippen LogP contribution is -2.24. The highest BCUT2D eigenvalue weighted by atomic mass is 32.2. The number of hydrogen-bond donors (Lipinski definition) is 1. The summed E-state index contributed by atoms with van der Waals surface area (Å²) in [4.78, 5) is 26.6. The topological polar surface area (TPSA) is 105 Å². The van der Waals surface area contributed by atoms with Crippen molar-refractivity contribution in [1.82, 2.24) is 4.98 Å². The SMILES string of the molecule is CCS(=O)(=O)c1cc(N(C)C(C)=O)cnc1C(=O)O. The molecule has 8 heteroatoms. The molecule has 0 unspecified atom stereocenters. The molecule has 0 aliphatic carbocycles. The van der Waals surface area contributed by atoms with Gasteiger partial charge < -0.3 is 10.0 Å². The number of pyridine rings is 1. The van der Waals surface area contributed by atoms with Crippen LogP contribution in [0.25, 0.3) is 0 Å². The number of carboxylic acid groups (broad SMARTS) is 1. The van der Waals surface area contributed by atoms with Gasteiger partial charge in [-0.25, -0.2) is 18.2 Å². The van der Waals surface area contributed by atoms with E-state index in [9.17, 15) is 18.0 Å². The maximum Gasteiger partial charge on any atom is 0.355 e. The Balaban J connectivity index is 3.52. The molecule has 1 rings (SSSR count). The van der Waals surface area contributed by atoms with Crippen molar-refractivity contribution >= 4 is 27.4 Å². The summed E-state index contributed by atoms with van der Waals surface area (Å²) >= 11 is 0. The fourth-order valence-corrected chi connectivity index (χ4v) is 2.40. The number of anilines is 1. The van der Waals surface area contributed by atoms with Crippen molar-refractivity contribution in [2.45, 2.75) is 18.7 Å². The highest BCUT2D eigenvalue weighted by molar-refractivity contribution is 7.91. The minimum absolute atomic E-state index is 0.226. The van der Waals surface area contributed by atoms with E-state index in [1.165, 1.54) is 25.8 Å². The average Bonchev–Trinajstić information content (AvgIpc) is 2.36. The number of carbonyl (C=O) groups is 2. The van der Waals surface area contributed by atoms with Gasteiger partial charge in [0.05, 0.1) is 17.6 Å². The fraction of sp³-hybridized carbons (Fsp3) is 0.364. The Bertz CT molecular complexity index is 624. The number of amides is 1. The molecule has 19 heavy (non-hydrogen) atoms. The maximum atomic E-state index is 11.9. The largest absolute Gasteiger partial charge is 0.476 e. The van der Waals surface area contributed by atoms with Gasteiger partial charge in [0.1, 0.15) is 4.90 Å². The Morgan fingerprint density at radius 2 is 2.00 bits per heavy atom. The first-order valence-electron chi connectivity index (χ1n) is 5.41. The normalized spacial score (nSPS) is 11.1. The number of hydrogen-bond acceptors (Lipinski definition) is 5. The summed E-state index contributed by atoms with van der Waals surface area (Å²) in [5.74, 6) is -1.99. The van der Waals surface area contributed by atoms with E-state index in [1.807, 2.05) is 0 Å². The average molecular weight is 286 g/mol. The zero-order valence-corrected chi connectivity index (χ0v) is 11.6. The highest BCUT2D eigenvalue weighted by Crippen LogP contribution is 2.22. The van der Waals surface area contributed by atoms with Gasteiger partial charge in [0.2, 0.25) is 5.91 Å². The molecule has 0 aliphatic heterocycles. The van der Waals surface area contributed by atoms with Crippen LogP contribution in [0.2, 0.25) is 0 Å². The van der Waals surface area contributed by atoms with Crippen molar-refractivity contribution in [2.75, 3.05) is 17.7 Å². The van der Waals surface area contributed by atoms with E-state index < -0.39 is 21.5 Å². The van der Waals surface area contributed by atoms with E-state index in [-0.39, 0.29) is 22.2 Å². The number of rotatable bonds is 4. The third-order valence-corrected chi connectivity index (χ3v) is 4.36. The zero-order chi connectivity index (χ0) is 14.8. The number of carbonyl (C=O) groups excluding carboxylic acids is 1. The van der Waals surface area contributed by atoms with Crippen LogP contribution in [0.1, 0.15) is 24.3 Å². The van der Waals surface area contributed by atoms with Crippen molar-refractivity contribution in [2.24, 2.45) is 0 Å². The van der Waals surface area contributed by atoms with Gasteiger partial charge in [0.25, 0.3) is 0 Å². The smallest absolute Gasteiger partial charge is 0.355 e. The van der Waals surface area contributed by atoms with E-state index >= 15 is 0 Å². The van der Waals surface area contributed by atoms with Crippen LogP contribution in [0.3, 0.4) is 0 Å². The molecule has 104 valence electrons. The van der Waals surface area contributed by atoms with Crippen LogP contribution in [0.4, 0.5) is 5.69 Å². The van der Waals surface area contributed by atoms with Gasteiger partial charge >= 0.3 is 5.97 Å². The quantitative estimate of drug-likeness (QED) is 0.867. The van der Waals surface area contributed by atoms with E-state index in [0.29, 0.717) is 0 Å². The number of aromatic carboxylic acids is 1. The maximum absolute atomic E-state index is 11.9. The summed E-state index contributed by atoms with van der Waals surface area (Å²) in [7, 11) is -2.29. The molecule has 1 aromatic rings. The van der Waals surface area contributed by atoms with Gasteiger partial charge in [-0.2, -0.15) is 0 Å². The van der Waals surface area contributed by atoms with E-state index in [2.05, 4.69) is 4.98 Å². The summed E-state index contributed by atoms with van der Waals surface area (Å²) in [6, 6.07) is 1.15. The highest BCUT2D eigenvalue weighted by Gasteiger charge is 2.24. The van der Waals surface area contributed by atoms with E-state index in [4.69, 9.17) is 5.11 Å². The first kappa shape index (κ1) is 15.1. The van der Waals surface area contributed by atoms with Crippen molar-refractivity contribution in [1.29, 1.82) is 0 Å². The molecule has 0 aromatic carbocycles. The molecule has 1 amide bonds. The van der Waals surface area contributed by atoms with Gasteiger partial charge in [0.15, 0.2) is 15.5 Å². The minimum atomic E-state index is -3.74. The monoisotopic (exact) mass is 286 g/mol. The van der Waals surface area contributed by atoms with Crippen molar-refractivity contribution < 1.29 is 23.1 Å². The molecule has 0 saturated carbocycles. The number of aromatic nitrogens is 1. The van der Waals surface area contributed by atoms with Gasteiger partial charge in [-0.05, 0) is 6.07 Å². The van der Waals surface area contributed by atoms with Gasteiger partial charge in [-0.1, -0.05) is 6.92 Å². The standard InChI is InChI=1S/C11H14N2O5S/c1-4-19(17,18)9-5-8(13(3)7(2)14)6-12-10(9)11(15)16/h5-6H,4H2,1-3H3,(H,15,16). The molecule has 0 radical (unpaired) electrons. The molecule has 1 aromatic heterocycles. The van der Waals surface area contributed by atoms with Crippen molar-refractivity contribution in [3.63, 3.8) is 0 Å². The summed E-state index contributed by atoms with van der Waals surface area (Å²) in [5, 5.41) is 8.96. The molecule has 0 saturated heterocycles. The molecule has 7 nitrogen and oxygen atoms in total. The molecule has 0 atom stereocenters. The second kappa shape index (κ2) is 5.35. The fourth-order valence-electron chi connectivity index (χ4n) is 1.35. The number of nitrogens with zero attached hydrogens (tertiary/aromatic N) is 2. The third kappa shape index (κ3) is 3.08. The van der Waals surface area contributed by atoms with Crippen LogP contribution < -0.4 is 4.90 Å². The lowest BCUT2D eigenvalue weighted by atomic mass is 10.3. The number of carboxylic acids is 1. The van der Waals surface area contributed by atoms with Crippen LogP contribution in [-0.4, -0.2) is 43.2 Å². The molecule has 0 spiro atoms. The Labute approximate surface area is 110 Å². The second-order valence-corrected chi connectivity index (χ2v) is 6.07. The van der Waals surface area contributed by atoms with Crippen LogP contribution in [-0.2, 0) is 14.6 Å². The Morgan fingerprint density at radius 3 is 2.42 bits per heavy atom. The third-order valence-electron chi connectivity index (χ3n) is 2.62. The van der Waals surface area contributed by atoms with Crippen LogP contribution >= 0.6 is 0 Å². The van der Waals surface area contributed by atoms with Gasteiger partial charge in [-0.3, -0.25) is 4.79 Å². The molecule has 0 aliphatic rings. The molecule has 1 N–H and O–H groups in total. The van der Waals surface area contributed by atoms with E-state index in [1.54, 1.807) is 0 Å². The Hall–Kier alpha value is -1.96. The van der Waals surface area contributed by atoms with Crippen molar-refractivity contribution in [3.8, 4) is 0 Å².